The number of nitrogens with zero attached hydrogens (tertiary/aromatic N) is 4. The van der Waals surface area contributed by atoms with Crippen molar-refractivity contribution in [2.75, 3.05) is 4.90 Å². The van der Waals surface area contributed by atoms with Crippen molar-refractivity contribution in [3.63, 3.8) is 0 Å². The molecule has 1 aliphatic rings. The van der Waals surface area contributed by atoms with Gasteiger partial charge in [-0.15, -0.1) is 0 Å². The molecular formula is C22H16F2N4O. The number of anilines is 2. The first kappa shape index (κ1) is 17.5. The van der Waals surface area contributed by atoms with Crippen LogP contribution in [-0.4, -0.2) is 26.1 Å². The zero-order valence-electron chi connectivity index (χ0n) is 15.4. The molecule has 7 heteroatoms. The van der Waals surface area contributed by atoms with Crippen molar-refractivity contribution in [1.29, 1.82) is 0 Å². The lowest BCUT2D eigenvalue weighted by molar-refractivity contribution is 0.229. The summed E-state index contributed by atoms with van der Waals surface area (Å²) in [4.78, 5) is 6.08. The molecule has 1 atom stereocenters. The van der Waals surface area contributed by atoms with E-state index >= 15 is 0 Å². The number of rotatable bonds is 2. The average molecular weight is 390 g/mol. The lowest BCUT2D eigenvalue weighted by Crippen LogP contribution is -2.32. The van der Waals surface area contributed by atoms with Gasteiger partial charge in [0.25, 0.3) is 0 Å². The number of hydrogen-bond donors (Lipinski definition) is 1. The zero-order valence-corrected chi connectivity index (χ0v) is 15.4. The minimum absolute atomic E-state index is 0.348. The molecule has 5 rings (SSSR count). The summed E-state index contributed by atoms with van der Waals surface area (Å²) in [6.45, 7) is 0. The van der Waals surface area contributed by atoms with Crippen LogP contribution in [0.1, 0.15) is 5.56 Å². The quantitative estimate of drug-likeness (QED) is 0.551. The Kier molecular flexibility index (Phi) is 3.92. The van der Waals surface area contributed by atoms with Crippen LogP contribution in [0.4, 0.5) is 20.2 Å². The molecule has 0 amide bonds. The Bertz CT molecular complexity index is 1280. The first-order valence-corrected chi connectivity index (χ1v) is 9.03. The lowest BCUT2D eigenvalue weighted by atomic mass is 10.00. The predicted molar refractivity (Wildman–Crippen MR) is 107 cm³/mol. The van der Waals surface area contributed by atoms with Crippen molar-refractivity contribution in [1.82, 2.24) is 14.8 Å². The van der Waals surface area contributed by atoms with Gasteiger partial charge < -0.3 is 10.0 Å². The number of fused-ring (bicyclic) bond motifs is 3. The van der Waals surface area contributed by atoms with Crippen LogP contribution in [0.15, 0.2) is 61.1 Å². The van der Waals surface area contributed by atoms with Gasteiger partial charge in [-0.3, -0.25) is 9.67 Å². The third kappa shape index (κ3) is 2.87. The van der Waals surface area contributed by atoms with E-state index in [1.807, 2.05) is 31.4 Å². The standard InChI is InChI=1S/C22H16F2N4O/c1-27-12-15(11-26-27)13-2-6-20-17(8-13)22-14(10-25-20)3-7-21(29)28(22)16-4-5-18(23)19(24)9-16/h2-12,21,29H,1H3. The van der Waals surface area contributed by atoms with Crippen LogP contribution in [-0.2, 0) is 7.05 Å². The molecule has 1 N–H and O–H groups in total. The minimum Gasteiger partial charge on any atom is -0.370 e. The van der Waals surface area contributed by atoms with E-state index in [-0.39, 0.29) is 0 Å². The highest BCUT2D eigenvalue weighted by molar-refractivity contribution is 6.01. The monoisotopic (exact) mass is 390 g/mol. The molecule has 1 unspecified atom stereocenters. The molecule has 0 fully saturated rings. The van der Waals surface area contributed by atoms with Crippen molar-refractivity contribution in [2.24, 2.45) is 7.05 Å². The van der Waals surface area contributed by atoms with Gasteiger partial charge in [-0.25, -0.2) is 8.78 Å². The molecule has 2 aromatic carbocycles. The molecule has 5 nitrogen and oxygen atoms in total. The largest absolute Gasteiger partial charge is 0.370 e. The number of aromatic nitrogens is 3. The fourth-order valence-corrected chi connectivity index (χ4v) is 3.66. The van der Waals surface area contributed by atoms with Gasteiger partial charge in [-0.05, 0) is 35.9 Å². The highest BCUT2D eigenvalue weighted by atomic mass is 19.2. The number of halogens is 2. The van der Waals surface area contributed by atoms with Crippen LogP contribution in [0.2, 0.25) is 0 Å². The van der Waals surface area contributed by atoms with E-state index in [1.54, 1.807) is 34.1 Å². The van der Waals surface area contributed by atoms with Crippen LogP contribution >= 0.6 is 0 Å². The normalized spacial score (nSPS) is 15.7. The maximum Gasteiger partial charge on any atom is 0.160 e. The average Bonchev–Trinajstić information content (AvgIpc) is 3.16. The van der Waals surface area contributed by atoms with Crippen LogP contribution in [0.3, 0.4) is 0 Å². The molecule has 29 heavy (non-hydrogen) atoms. The first-order chi connectivity index (χ1) is 14.0. The van der Waals surface area contributed by atoms with E-state index in [1.165, 1.54) is 6.07 Å². The molecule has 3 heterocycles. The molecule has 0 saturated carbocycles. The van der Waals surface area contributed by atoms with E-state index in [2.05, 4.69) is 10.1 Å². The molecular weight excluding hydrogens is 374 g/mol. The number of hydrogen-bond acceptors (Lipinski definition) is 4. The highest BCUT2D eigenvalue weighted by Crippen LogP contribution is 2.41. The maximum atomic E-state index is 13.9. The number of aliphatic hydroxyl groups excluding tert-OH is 1. The van der Waals surface area contributed by atoms with Crippen molar-refractivity contribution in [3.8, 4) is 11.1 Å². The Labute approximate surface area is 165 Å². The number of aliphatic hydroxyl groups is 1. The molecule has 0 saturated heterocycles. The molecule has 0 radical (unpaired) electrons. The number of aryl methyl sites for hydroxylation is 1. The van der Waals surface area contributed by atoms with Gasteiger partial charge >= 0.3 is 0 Å². The fraction of sp³-hybridized carbons (Fsp3) is 0.0909. The Morgan fingerprint density at radius 3 is 2.62 bits per heavy atom. The Hall–Kier alpha value is -3.58. The summed E-state index contributed by atoms with van der Waals surface area (Å²) in [5.74, 6) is -1.91. The summed E-state index contributed by atoms with van der Waals surface area (Å²) < 4.78 is 29.1. The van der Waals surface area contributed by atoms with Gasteiger partial charge in [-0.2, -0.15) is 5.10 Å². The fourth-order valence-electron chi connectivity index (χ4n) is 3.66. The van der Waals surface area contributed by atoms with E-state index in [4.69, 9.17) is 0 Å². The summed E-state index contributed by atoms with van der Waals surface area (Å²) in [7, 11) is 1.85. The van der Waals surface area contributed by atoms with E-state index in [0.717, 1.165) is 39.7 Å². The maximum absolute atomic E-state index is 13.9. The second-order valence-electron chi connectivity index (χ2n) is 6.94. The summed E-state index contributed by atoms with van der Waals surface area (Å²) in [6.07, 6.45) is 7.72. The van der Waals surface area contributed by atoms with Crippen LogP contribution in [0.5, 0.6) is 0 Å². The van der Waals surface area contributed by atoms with Gasteiger partial charge in [-0.1, -0.05) is 12.1 Å². The van der Waals surface area contributed by atoms with Gasteiger partial charge in [0.15, 0.2) is 17.9 Å². The summed E-state index contributed by atoms with van der Waals surface area (Å²) in [6, 6.07) is 9.40. The van der Waals surface area contributed by atoms with Gasteiger partial charge in [0.2, 0.25) is 0 Å². The van der Waals surface area contributed by atoms with Crippen LogP contribution in [0, 0.1) is 11.6 Å². The van der Waals surface area contributed by atoms with Crippen molar-refractivity contribution in [2.45, 2.75) is 6.23 Å². The third-order valence-corrected chi connectivity index (χ3v) is 5.04. The second-order valence-corrected chi connectivity index (χ2v) is 6.94. The molecule has 0 aliphatic carbocycles. The molecule has 2 aromatic heterocycles. The Morgan fingerprint density at radius 2 is 1.86 bits per heavy atom. The van der Waals surface area contributed by atoms with Crippen LogP contribution in [0.25, 0.3) is 28.1 Å². The Morgan fingerprint density at radius 1 is 1.00 bits per heavy atom. The van der Waals surface area contributed by atoms with E-state index in [0.29, 0.717) is 11.4 Å². The zero-order chi connectivity index (χ0) is 20.1. The van der Waals surface area contributed by atoms with Crippen molar-refractivity contribution in [3.05, 3.63) is 78.3 Å². The summed E-state index contributed by atoms with van der Waals surface area (Å²) in [5, 5.41) is 15.7. The SMILES string of the molecule is Cn1cc(-c2ccc3ncc4c(c3c2)N(c2ccc(F)c(F)c2)C(O)C=C4)cn1. The summed E-state index contributed by atoms with van der Waals surface area (Å²) in [5.41, 5.74) is 4.42. The first-order valence-electron chi connectivity index (χ1n) is 9.03. The predicted octanol–water partition coefficient (Wildman–Crippen LogP) is 4.40. The number of benzene rings is 2. The van der Waals surface area contributed by atoms with E-state index < -0.39 is 17.9 Å². The Balaban J connectivity index is 1.76. The summed E-state index contributed by atoms with van der Waals surface area (Å²) >= 11 is 0. The third-order valence-electron chi connectivity index (χ3n) is 5.04. The smallest absolute Gasteiger partial charge is 0.160 e. The second kappa shape index (κ2) is 6.49. The van der Waals surface area contributed by atoms with E-state index in [9.17, 15) is 13.9 Å². The molecule has 0 bridgehead atoms. The van der Waals surface area contributed by atoms with Crippen molar-refractivity contribution >= 4 is 28.4 Å². The lowest BCUT2D eigenvalue weighted by Gasteiger charge is -2.33. The van der Waals surface area contributed by atoms with Crippen LogP contribution < -0.4 is 4.90 Å². The van der Waals surface area contributed by atoms with Crippen molar-refractivity contribution < 1.29 is 13.9 Å². The van der Waals surface area contributed by atoms with Gasteiger partial charge in [0, 0.05) is 47.7 Å². The topological polar surface area (TPSA) is 54.2 Å². The highest BCUT2D eigenvalue weighted by Gasteiger charge is 2.26. The van der Waals surface area contributed by atoms with Gasteiger partial charge in [0.05, 0.1) is 17.4 Å². The molecule has 144 valence electrons. The molecule has 0 spiro atoms. The minimum atomic E-state index is -1.03. The number of pyridine rings is 1. The molecule has 1 aliphatic heterocycles. The molecule has 4 aromatic rings. The van der Waals surface area contributed by atoms with Gasteiger partial charge in [0.1, 0.15) is 0 Å².